The van der Waals surface area contributed by atoms with E-state index in [2.05, 4.69) is 12.6 Å². The topological polar surface area (TPSA) is 34.1 Å². The third-order valence-electron chi connectivity index (χ3n) is 0.211. The van der Waals surface area contributed by atoms with Crippen LogP contribution in [-0.4, -0.2) is 10.6 Å². The van der Waals surface area contributed by atoms with Crippen LogP contribution in [0.1, 0.15) is 0 Å². The zero-order chi connectivity index (χ0) is 5.15. The van der Waals surface area contributed by atoms with Gasteiger partial charge in [-0.2, -0.15) is 0 Å². The maximum absolute atomic E-state index is 9.68. The van der Waals surface area contributed by atoms with Gasteiger partial charge in [0.15, 0.2) is 0 Å². The standard InChI is InChI=1S/C2H3O2PS/c3-1(5)2(4)6/h5H2,(H,4,6). The van der Waals surface area contributed by atoms with Gasteiger partial charge < -0.3 is 0 Å². The Morgan fingerprint density at radius 3 is 1.67 bits per heavy atom. The number of thiol groups is 1. The smallest absolute Gasteiger partial charge is 0.255 e. The molecule has 0 aliphatic heterocycles. The van der Waals surface area contributed by atoms with Gasteiger partial charge in [-0.3, -0.25) is 9.59 Å². The maximum atomic E-state index is 9.68. The number of rotatable bonds is 1. The molecule has 0 amide bonds. The van der Waals surface area contributed by atoms with Gasteiger partial charge in [-0.15, -0.1) is 0 Å². The van der Waals surface area contributed by atoms with E-state index in [1.807, 2.05) is 0 Å². The highest BCUT2D eigenvalue weighted by Crippen LogP contribution is 1.88. The molecule has 0 radical (unpaired) electrons. The molecule has 1 atom stereocenters. The Labute approximate surface area is 42.9 Å². The fraction of sp³-hybridized carbons (Fsp3) is 0. The molecule has 6 heavy (non-hydrogen) atoms. The monoisotopic (exact) mass is 122 g/mol. The first-order valence-electron chi connectivity index (χ1n) is 1.17. The lowest BCUT2D eigenvalue weighted by Gasteiger charge is -1.72. The molecule has 0 heterocycles. The average Bonchev–Trinajstić information content (AvgIpc) is 1.36. The minimum absolute atomic E-state index is 0.599. The van der Waals surface area contributed by atoms with E-state index < -0.39 is 10.6 Å². The summed E-state index contributed by atoms with van der Waals surface area (Å²) >= 11 is 3.18. The van der Waals surface area contributed by atoms with Crippen molar-refractivity contribution in [3.05, 3.63) is 0 Å². The predicted octanol–water partition coefficient (Wildman–Crippen LogP) is -0.156. The van der Waals surface area contributed by atoms with Gasteiger partial charge in [0.2, 0.25) is 5.52 Å². The quantitative estimate of drug-likeness (QED) is 0.298. The first kappa shape index (κ1) is 6.12. The third-order valence-corrected chi connectivity index (χ3v) is 0.936. The van der Waals surface area contributed by atoms with Gasteiger partial charge in [0.25, 0.3) is 5.12 Å². The van der Waals surface area contributed by atoms with E-state index in [1.54, 1.807) is 9.24 Å². The third kappa shape index (κ3) is 2.36. The zero-order valence-electron chi connectivity index (χ0n) is 2.84. The number of hydrogen-bond acceptors (Lipinski definition) is 2. The van der Waals surface area contributed by atoms with Gasteiger partial charge in [-0.05, 0) is 0 Å². The second-order valence-corrected chi connectivity index (χ2v) is 1.60. The van der Waals surface area contributed by atoms with Gasteiger partial charge in [-0.1, -0.05) is 21.9 Å². The van der Waals surface area contributed by atoms with Crippen LogP contribution in [0.4, 0.5) is 0 Å². The molecular formula is C2H3O2PS. The van der Waals surface area contributed by atoms with E-state index in [4.69, 9.17) is 0 Å². The van der Waals surface area contributed by atoms with Gasteiger partial charge in [0.1, 0.15) is 0 Å². The van der Waals surface area contributed by atoms with Gasteiger partial charge in [0.05, 0.1) is 0 Å². The second-order valence-electron chi connectivity index (χ2n) is 0.669. The Bertz CT molecular complexity index is 77.5. The fourth-order valence-corrected chi connectivity index (χ4v) is 0. The molecule has 0 aromatic heterocycles. The molecule has 34 valence electrons. The summed E-state index contributed by atoms with van der Waals surface area (Å²) in [6.45, 7) is 0. The Morgan fingerprint density at radius 1 is 1.50 bits per heavy atom. The van der Waals surface area contributed by atoms with Crippen LogP contribution in [0.3, 0.4) is 0 Å². The lowest BCUT2D eigenvalue weighted by molar-refractivity contribution is -0.126. The minimum Gasteiger partial charge on any atom is -0.285 e. The molecule has 0 spiro atoms. The molecule has 0 aromatic rings. The van der Waals surface area contributed by atoms with Crippen molar-refractivity contribution in [1.82, 2.24) is 0 Å². The summed E-state index contributed by atoms with van der Waals surface area (Å²) in [6.07, 6.45) is 0. The van der Waals surface area contributed by atoms with Crippen LogP contribution in [0.5, 0.6) is 0 Å². The van der Waals surface area contributed by atoms with Crippen LogP contribution in [0.2, 0.25) is 0 Å². The molecule has 0 saturated heterocycles. The summed E-state index contributed by atoms with van der Waals surface area (Å²) in [4.78, 5) is 19.3. The van der Waals surface area contributed by atoms with Crippen LogP contribution in [-0.2, 0) is 9.59 Å². The fourth-order valence-electron chi connectivity index (χ4n) is 0. The molecule has 2 nitrogen and oxygen atoms in total. The second kappa shape index (κ2) is 2.32. The summed E-state index contributed by atoms with van der Waals surface area (Å²) in [5, 5.41) is -0.722. The molecule has 0 fully saturated rings. The zero-order valence-corrected chi connectivity index (χ0v) is 4.89. The van der Waals surface area contributed by atoms with E-state index in [-0.39, 0.29) is 0 Å². The summed E-state index contributed by atoms with van der Waals surface area (Å²) in [5.74, 6) is 0. The van der Waals surface area contributed by atoms with Gasteiger partial charge in [-0.25, -0.2) is 0 Å². The van der Waals surface area contributed by atoms with Crippen LogP contribution >= 0.6 is 21.9 Å². The van der Waals surface area contributed by atoms with Crippen LogP contribution in [0.25, 0.3) is 0 Å². The normalized spacial score (nSPS) is 7.67. The van der Waals surface area contributed by atoms with Crippen molar-refractivity contribution in [2.45, 2.75) is 0 Å². The molecule has 1 unspecified atom stereocenters. The van der Waals surface area contributed by atoms with E-state index >= 15 is 0 Å². The van der Waals surface area contributed by atoms with Crippen molar-refractivity contribution in [1.29, 1.82) is 0 Å². The summed E-state index contributed by atoms with van der Waals surface area (Å²) in [6, 6.07) is 0. The highest BCUT2D eigenvalue weighted by atomic mass is 32.1. The van der Waals surface area contributed by atoms with E-state index in [0.29, 0.717) is 0 Å². The lowest BCUT2D eigenvalue weighted by Crippen LogP contribution is -1.93. The number of carbonyl (C=O) groups excluding carboxylic acids is 2. The number of carbonyl (C=O) groups is 2. The Kier molecular flexibility index (Phi) is 2.37. The molecule has 0 saturated carbocycles. The van der Waals surface area contributed by atoms with E-state index in [1.165, 1.54) is 0 Å². The summed E-state index contributed by atoms with van der Waals surface area (Å²) < 4.78 is 0. The molecule has 4 heteroatoms. The molecule has 0 aromatic carbocycles. The van der Waals surface area contributed by atoms with Gasteiger partial charge in [0, 0.05) is 0 Å². The lowest BCUT2D eigenvalue weighted by atomic mass is 10.9. The molecule has 0 aliphatic carbocycles. The van der Waals surface area contributed by atoms with Crippen LogP contribution in [0, 0.1) is 0 Å². The number of hydrogen-bond donors (Lipinski definition) is 1. The molecular weight excluding hydrogens is 119 g/mol. The Morgan fingerprint density at radius 2 is 1.67 bits per heavy atom. The first-order chi connectivity index (χ1) is 2.64. The molecule has 0 bridgehead atoms. The first-order valence-corrected chi connectivity index (χ1v) is 2.20. The van der Waals surface area contributed by atoms with Crippen molar-refractivity contribution >= 4 is 32.5 Å². The van der Waals surface area contributed by atoms with Crippen LogP contribution in [0.15, 0.2) is 0 Å². The Balaban J connectivity index is 3.57. The highest BCUT2D eigenvalue weighted by molar-refractivity contribution is 8.00. The van der Waals surface area contributed by atoms with E-state index in [9.17, 15) is 9.59 Å². The molecule has 0 rings (SSSR count). The van der Waals surface area contributed by atoms with E-state index in [0.717, 1.165) is 0 Å². The highest BCUT2D eigenvalue weighted by Gasteiger charge is 1.96. The summed E-state index contributed by atoms with van der Waals surface area (Å²) in [5.41, 5.74) is -0.599. The maximum Gasteiger partial charge on any atom is 0.255 e. The van der Waals surface area contributed by atoms with Crippen molar-refractivity contribution in [3.8, 4) is 0 Å². The SMILES string of the molecule is O=C(P)C(=O)S. The largest absolute Gasteiger partial charge is 0.285 e. The minimum atomic E-state index is -0.722. The van der Waals surface area contributed by atoms with Crippen molar-refractivity contribution in [2.24, 2.45) is 0 Å². The molecule has 0 aliphatic rings. The summed E-state index contributed by atoms with van der Waals surface area (Å²) in [7, 11) is 1.71. The van der Waals surface area contributed by atoms with Crippen molar-refractivity contribution in [3.63, 3.8) is 0 Å². The predicted molar refractivity (Wildman–Crippen MR) is 28.7 cm³/mol. The van der Waals surface area contributed by atoms with Crippen molar-refractivity contribution in [2.75, 3.05) is 0 Å². The molecule has 0 N–H and O–H groups in total. The average molecular weight is 122 g/mol. The Hall–Kier alpha value is 0.120. The van der Waals surface area contributed by atoms with Crippen molar-refractivity contribution < 1.29 is 9.59 Å². The van der Waals surface area contributed by atoms with Gasteiger partial charge >= 0.3 is 0 Å². The van der Waals surface area contributed by atoms with Crippen LogP contribution < -0.4 is 0 Å².